The fraction of sp³-hybridized carbons (Fsp3) is 0.0938. The van der Waals surface area contributed by atoms with Gasteiger partial charge in [-0.1, -0.05) is 60.2 Å². The third-order valence-electron chi connectivity index (χ3n) is 6.45. The van der Waals surface area contributed by atoms with E-state index in [-0.39, 0.29) is 28.1 Å². The lowest BCUT2D eigenvalue weighted by Crippen LogP contribution is -2.19. The van der Waals surface area contributed by atoms with Gasteiger partial charge in [-0.05, 0) is 54.4 Å². The summed E-state index contributed by atoms with van der Waals surface area (Å²) in [5, 5.41) is 4.24. The van der Waals surface area contributed by atoms with Crippen LogP contribution in [-0.2, 0) is 6.18 Å². The number of amides is 1. The first-order valence-electron chi connectivity index (χ1n) is 12.7. The van der Waals surface area contributed by atoms with Gasteiger partial charge in [0.1, 0.15) is 5.69 Å². The van der Waals surface area contributed by atoms with Crippen LogP contribution < -0.4 is 14.9 Å². The standard InChI is InChI=1S/C32H24F3N3O4/c1-19-8-6-11-22(16-19)31(40)42-25-15-14-20(17-26(25)41-2)18-36-38-30(39)29-27(21-9-4-3-5-10-21)23-12-7-13-24(28(23)37-29)32(33,34)35/h3-18,37H,1-2H3,(H,38,39). The number of aryl methyl sites for hydroxylation is 1. The van der Waals surface area contributed by atoms with Crippen LogP contribution in [0.5, 0.6) is 11.5 Å². The van der Waals surface area contributed by atoms with Gasteiger partial charge in [-0.25, -0.2) is 10.2 Å². The van der Waals surface area contributed by atoms with Crippen molar-refractivity contribution < 1.29 is 32.2 Å². The van der Waals surface area contributed by atoms with Crippen LogP contribution in [0.3, 0.4) is 0 Å². The third kappa shape index (κ3) is 5.87. The van der Waals surface area contributed by atoms with Crippen molar-refractivity contribution in [3.05, 3.63) is 119 Å². The zero-order valence-electron chi connectivity index (χ0n) is 22.5. The van der Waals surface area contributed by atoms with Gasteiger partial charge in [0.15, 0.2) is 11.5 Å². The lowest BCUT2D eigenvalue weighted by atomic mass is 10.0. The topological polar surface area (TPSA) is 92.8 Å². The van der Waals surface area contributed by atoms with E-state index in [0.29, 0.717) is 22.3 Å². The number of aromatic amines is 1. The number of aromatic nitrogens is 1. The molecule has 1 aromatic heterocycles. The fourth-order valence-corrected chi connectivity index (χ4v) is 4.53. The number of alkyl halides is 3. The molecule has 0 saturated heterocycles. The Morgan fingerprint density at radius 1 is 0.905 bits per heavy atom. The molecule has 5 aromatic rings. The van der Waals surface area contributed by atoms with E-state index in [2.05, 4.69) is 15.5 Å². The Labute approximate surface area is 238 Å². The second-order valence-corrected chi connectivity index (χ2v) is 9.34. The normalized spacial score (nSPS) is 11.5. The van der Waals surface area contributed by atoms with Crippen molar-refractivity contribution in [3.8, 4) is 22.6 Å². The van der Waals surface area contributed by atoms with Crippen LogP contribution in [0.15, 0.2) is 96.1 Å². The largest absolute Gasteiger partial charge is 0.493 e. The molecule has 0 atom stereocenters. The van der Waals surface area contributed by atoms with Gasteiger partial charge in [-0.2, -0.15) is 18.3 Å². The number of esters is 1. The number of hydrogen-bond acceptors (Lipinski definition) is 5. The molecule has 0 bridgehead atoms. The van der Waals surface area contributed by atoms with Crippen LogP contribution in [0.4, 0.5) is 13.2 Å². The number of halogens is 3. The highest BCUT2D eigenvalue weighted by Crippen LogP contribution is 2.39. The summed E-state index contributed by atoms with van der Waals surface area (Å²) in [7, 11) is 1.41. The molecule has 4 aromatic carbocycles. The average molecular weight is 572 g/mol. The molecule has 2 N–H and O–H groups in total. The predicted molar refractivity (Wildman–Crippen MR) is 153 cm³/mol. The van der Waals surface area contributed by atoms with Crippen molar-refractivity contribution >= 4 is 29.0 Å². The van der Waals surface area contributed by atoms with E-state index in [4.69, 9.17) is 9.47 Å². The van der Waals surface area contributed by atoms with Crippen molar-refractivity contribution in [2.75, 3.05) is 7.11 Å². The van der Waals surface area contributed by atoms with Crippen molar-refractivity contribution in [2.45, 2.75) is 13.1 Å². The maximum Gasteiger partial charge on any atom is 0.418 e. The minimum Gasteiger partial charge on any atom is -0.493 e. The number of carbonyl (C=O) groups excluding carboxylic acids is 2. The Bertz CT molecular complexity index is 1810. The van der Waals surface area contributed by atoms with Crippen LogP contribution >= 0.6 is 0 Å². The van der Waals surface area contributed by atoms with Crippen LogP contribution in [0.25, 0.3) is 22.0 Å². The van der Waals surface area contributed by atoms with Crippen LogP contribution in [0, 0.1) is 6.92 Å². The number of carbonyl (C=O) groups is 2. The molecule has 0 spiro atoms. The number of rotatable bonds is 7. The summed E-state index contributed by atoms with van der Waals surface area (Å²) in [6.07, 6.45) is -3.29. The van der Waals surface area contributed by atoms with Gasteiger partial charge in [-0.15, -0.1) is 0 Å². The molecule has 7 nitrogen and oxygen atoms in total. The van der Waals surface area contributed by atoms with Gasteiger partial charge < -0.3 is 14.5 Å². The molecular formula is C32H24F3N3O4. The minimum atomic E-state index is -4.62. The number of nitrogens with zero attached hydrogens (tertiary/aromatic N) is 1. The number of nitrogens with one attached hydrogen (secondary N) is 2. The van der Waals surface area contributed by atoms with Crippen LogP contribution in [-0.4, -0.2) is 30.2 Å². The molecular weight excluding hydrogens is 547 g/mol. The Morgan fingerprint density at radius 2 is 1.67 bits per heavy atom. The fourth-order valence-electron chi connectivity index (χ4n) is 4.53. The molecule has 1 amide bonds. The SMILES string of the molecule is COc1cc(C=NNC(=O)c2[nH]c3c(C(F)(F)F)cccc3c2-c2ccccc2)ccc1OC(=O)c1cccc(C)c1. The second kappa shape index (κ2) is 11.6. The average Bonchev–Trinajstić information content (AvgIpc) is 3.37. The monoisotopic (exact) mass is 571 g/mol. The maximum atomic E-state index is 13.7. The summed E-state index contributed by atoms with van der Waals surface area (Å²) in [5.74, 6) is -0.832. The third-order valence-corrected chi connectivity index (χ3v) is 6.45. The van der Waals surface area contributed by atoms with Crippen LogP contribution in [0.1, 0.15) is 37.5 Å². The molecule has 0 unspecified atom stereocenters. The molecule has 42 heavy (non-hydrogen) atoms. The number of hydrogen-bond donors (Lipinski definition) is 2. The summed E-state index contributed by atoms with van der Waals surface area (Å²) in [5.41, 5.74) is 3.93. The number of H-pyrrole nitrogens is 1. The van der Waals surface area contributed by atoms with Crippen molar-refractivity contribution in [3.63, 3.8) is 0 Å². The molecule has 0 aliphatic heterocycles. The zero-order chi connectivity index (χ0) is 29.9. The van der Waals surface area contributed by atoms with Gasteiger partial charge in [0.2, 0.25) is 0 Å². The number of benzene rings is 4. The predicted octanol–water partition coefficient (Wildman–Crippen LogP) is 7.15. The van der Waals surface area contributed by atoms with Crippen molar-refractivity contribution in [1.82, 2.24) is 10.4 Å². The first-order valence-corrected chi connectivity index (χ1v) is 12.7. The number of para-hydroxylation sites is 1. The van der Waals surface area contributed by atoms with Gasteiger partial charge in [0.05, 0.1) is 30.0 Å². The smallest absolute Gasteiger partial charge is 0.418 e. The molecule has 0 aliphatic rings. The Hall–Kier alpha value is -5.38. The minimum absolute atomic E-state index is 0.0685. The number of methoxy groups -OCH3 is 1. The van der Waals surface area contributed by atoms with E-state index in [1.54, 1.807) is 60.7 Å². The highest BCUT2D eigenvalue weighted by atomic mass is 19.4. The lowest BCUT2D eigenvalue weighted by molar-refractivity contribution is -0.136. The van der Waals surface area contributed by atoms with Gasteiger partial charge >= 0.3 is 12.1 Å². The van der Waals surface area contributed by atoms with Gasteiger partial charge in [0, 0.05) is 10.9 Å². The first kappa shape index (κ1) is 28.2. The molecule has 10 heteroatoms. The molecule has 0 saturated carbocycles. The Morgan fingerprint density at radius 3 is 2.38 bits per heavy atom. The molecule has 0 fully saturated rings. The van der Waals surface area contributed by atoms with E-state index in [9.17, 15) is 22.8 Å². The van der Waals surface area contributed by atoms with E-state index in [1.165, 1.54) is 31.5 Å². The van der Waals surface area contributed by atoms with E-state index < -0.39 is 23.6 Å². The summed E-state index contributed by atoms with van der Waals surface area (Å²) >= 11 is 0. The van der Waals surface area contributed by atoms with Crippen molar-refractivity contribution in [2.24, 2.45) is 5.10 Å². The Kier molecular flexibility index (Phi) is 7.79. The first-order chi connectivity index (χ1) is 20.2. The summed E-state index contributed by atoms with van der Waals surface area (Å²) < 4.78 is 52.0. The lowest BCUT2D eigenvalue weighted by Gasteiger charge is -2.10. The Balaban J connectivity index is 1.39. The molecule has 0 aliphatic carbocycles. The van der Waals surface area contributed by atoms with E-state index >= 15 is 0 Å². The zero-order valence-corrected chi connectivity index (χ0v) is 22.5. The highest BCUT2D eigenvalue weighted by Gasteiger charge is 2.34. The molecule has 212 valence electrons. The highest BCUT2D eigenvalue weighted by molar-refractivity contribution is 6.10. The number of fused-ring (bicyclic) bond motifs is 1. The maximum absolute atomic E-state index is 13.7. The molecule has 1 heterocycles. The summed E-state index contributed by atoms with van der Waals surface area (Å²) in [4.78, 5) is 28.4. The van der Waals surface area contributed by atoms with Gasteiger partial charge in [0.25, 0.3) is 5.91 Å². The van der Waals surface area contributed by atoms with Crippen LogP contribution in [0.2, 0.25) is 0 Å². The molecule has 0 radical (unpaired) electrons. The van der Waals surface area contributed by atoms with E-state index in [1.807, 2.05) is 13.0 Å². The second-order valence-electron chi connectivity index (χ2n) is 9.34. The quantitative estimate of drug-likeness (QED) is 0.0939. The van der Waals surface area contributed by atoms with Gasteiger partial charge in [-0.3, -0.25) is 4.79 Å². The van der Waals surface area contributed by atoms with Crippen molar-refractivity contribution in [1.29, 1.82) is 0 Å². The summed E-state index contributed by atoms with van der Waals surface area (Å²) in [6.45, 7) is 1.87. The number of hydrazone groups is 1. The number of ether oxygens (including phenoxy) is 2. The molecule has 5 rings (SSSR count). The summed E-state index contributed by atoms with van der Waals surface area (Å²) in [6, 6.07) is 24.1. The van der Waals surface area contributed by atoms with E-state index in [0.717, 1.165) is 11.6 Å².